The van der Waals surface area contributed by atoms with E-state index in [2.05, 4.69) is 10.6 Å². The van der Waals surface area contributed by atoms with Crippen LogP contribution in [-0.4, -0.2) is 63.9 Å². The van der Waals surface area contributed by atoms with Crippen LogP contribution in [0.15, 0.2) is 59.5 Å². The third-order valence-corrected chi connectivity index (χ3v) is 9.86. The second-order valence-corrected chi connectivity index (χ2v) is 12.6. The van der Waals surface area contributed by atoms with Crippen LogP contribution in [0.1, 0.15) is 40.9 Å². The number of benzene rings is 2. The Bertz CT molecular complexity index is 1420. The van der Waals surface area contributed by atoms with Gasteiger partial charge in [-0.1, -0.05) is 30.3 Å². The lowest BCUT2D eigenvalue weighted by molar-refractivity contribution is -0.123. The highest BCUT2D eigenvalue weighted by molar-refractivity contribution is 7.89. The van der Waals surface area contributed by atoms with Crippen LogP contribution >= 0.6 is 11.3 Å². The molecule has 1 unspecified atom stereocenters. The molecule has 3 aromatic rings. The van der Waals surface area contributed by atoms with Crippen LogP contribution in [-0.2, 0) is 19.6 Å². The van der Waals surface area contributed by atoms with Crippen molar-refractivity contribution in [2.24, 2.45) is 5.92 Å². The normalized spacial score (nSPS) is 15.1. The number of nitrogens with one attached hydrogen (secondary N) is 2. The summed E-state index contributed by atoms with van der Waals surface area (Å²) in [6.45, 7) is 1.67. The van der Waals surface area contributed by atoms with Crippen LogP contribution in [0.4, 0.5) is 0 Å². The molecular weight excluding hydrogens is 536 g/mol. The molecule has 2 amide bonds. The number of fused-ring (bicyclic) bond motifs is 1. The number of hydrogen-bond acceptors (Lipinski definition) is 7. The van der Waals surface area contributed by atoms with Gasteiger partial charge in [0.25, 0.3) is 5.91 Å². The predicted molar refractivity (Wildman–Crippen MR) is 150 cm³/mol. The molecule has 0 radical (unpaired) electrons. The van der Waals surface area contributed by atoms with Gasteiger partial charge in [-0.15, -0.1) is 11.3 Å². The Morgan fingerprint density at radius 1 is 1.15 bits per heavy atom. The number of hydrogen-bond donors (Lipinski definition) is 2. The average Bonchev–Trinajstić information content (AvgIpc) is 3.40. The molecule has 1 atom stereocenters. The summed E-state index contributed by atoms with van der Waals surface area (Å²) in [6.07, 6.45) is 2.53. The number of rotatable bonds is 11. The van der Waals surface area contributed by atoms with Crippen molar-refractivity contribution in [1.82, 2.24) is 14.9 Å². The fraction of sp³-hybridized carbons (Fsp3) is 0.393. The Morgan fingerprint density at radius 3 is 2.62 bits per heavy atom. The molecule has 1 aliphatic rings. The Morgan fingerprint density at radius 2 is 1.87 bits per heavy atom. The summed E-state index contributed by atoms with van der Waals surface area (Å²) in [6, 6.07) is 16.8. The van der Waals surface area contributed by atoms with E-state index in [1.165, 1.54) is 34.8 Å². The van der Waals surface area contributed by atoms with Gasteiger partial charge < -0.3 is 15.4 Å². The number of carbonyl (C=O) groups is 2. The largest absolute Gasteiger partial charge is 0.381 e. The van der Waals surface area contributed by atoms with Crippen molar-refractivity contribution in [2.45, 2.75) is 36.6 Å². The van der Waals surface area contributed by atoms with Gasteiger partial charge in [-0.2, -0.15) is 5.26 Å². The smallest absolute Gasteiger partial charge is 0.262 e. The summed E-state index contributed by atoms with van der Waals surface area (Å²) in [7, 11) is -2.40. The van der Waals surface area contributed by atoms with Gasteiger partial charge in [0.15, 0.2) is 0 Å². The van der Waals surface area contributed by atoms with Crippen LogP contribution < -0.4 is 10.6 Å². The fourth-order valence-corrected chi connectivity index (χ4v) is 6.89. The van der Waals surface area contributed by atoms with Crippen molar-refractivity contribution >= 4 is 43.3 Å². The molecule has 1 aromatic heterocycles. The molecule has 11 heteroatoms. The maximum atomic E-state index is 13.2. The first-order chi connectivity index (χ1) is 18.8. The lowest BCUT2D eigenvalue weighted by Crippen LogP contribution is -2.48. The first kappa shape index (κ1) is 28.7. The summed E-state index contributed by atoms with van der Waals surface area (Å²) in [5.74, 6) is -0.324. The van der Waals surface area contributed by atoms with Gasteiger partial charge in [0.05, 0.1) is 15.3 Å². The maximum absolute atomic E-state index is 13.2. The van der Waals surface area contributed by atoms with Gasteiger partial charge in [-0.05, 0) is 61.3 Å². The van der Waals surface area contributed by atoms with E-state index in [1.54, 1.807) is 12.1 Å². The Labute approximate surface area is 232 Å². The van der Waals surface area contributed by atoms with E-state index in [1.807, 2.05) is 36.4 Å². The first-order valence-corrected chi connectivity index (χ1v) is 15.2. The molecule has 9 nitrogen and oxygen atoms in total. The Kier molecular flexibility index (Phi) is 9.69. The zero-order chi connectivity index (χ0) is 27.8. The lowest BCUT2D eigenvalue weighted by atomic mass is 9.92. The predicted octanol–water partition coefficient (Wildman–Crippen LogP) is 3.52. The van der Waals surface area contributed by atoms with E-state index in [9.17, 15) is 23.3 Å². The van der Waals surface area contributed by atoms with Crippen LogP contribution in [0.3, 0.4) is 0 Å². The van der Waals surface area contributed by atoms with Crippen LogP contribution in [0.5, 0.6) is 0 Å². The number of carbonyl (C=O) groups excluding carboxylic acids is 2. The number of thiophene rings is 1. The van der Waals surface area contributed by atoms with Crippen molar-refractivity contribution in [3.8, 4) is 6.07 Å². The zero-order valence-corrected chi connectivity index (χ0v) is 23.4. The summed E-state index contributed by atoms with van der Waals surface area (Å²) in [5, 5.41) is 16.0. The van der Waals surface area contributed by atoms with Crippen molar-refractivity contribution in [1.29, 1.82) is 5.26 Å². The molecule has 1 saturated heterocycles. The van der Waals surface area contributed by atoms with Gasteiger partial charge >= 0.3 is 0 Å². The molecule has 1 aliphatic heterocycles. The van der Waals surface area contributed by atoms with E-state index < -0.39 is 16.1 Å². The standard InChI is InChI=1S/C28H32N4O5S2/c1-32(39(35,36)26-10-5-3-8-22(26)19-29)14-6-13-30-27(33)23(17-20-11-15-37-16-12-20)31-28(34)25-18-21-7-2-4-9-24(21)38-25/h2-5,7-10,18,20,23H,6,11-17H2,1H3,(H,30,33)(H,31,34). The minimum absolute atomic E-state index is 0.0421. The quantitative estimate of drug-likeness (QED) is 0.341. The SMILES string of the molecule is CN(CCCNC(=O)C(CC1CCOCC1)NC(=O)c1cc2ccccc2s1)S(=O)(=O)c1ccccc1C#N. The van der Waals surface area contributed by atoms with E-state index in [-0.39, 0.29) is 41.3 Å². The third kappa shape index (κ3) is 7.22. The highest BCUT2D eigenvalue weighted by Gasteiger charge is 2.27. The molecule has 4 rings (SSSR count). The maximum Gasteiger partial charge on any atom is 0.262 e. The summed E-state index contributed by atoms with van der Waals surface area (Å²) in [5.41, 5.74) is 0.0861. The monoisotopic (exact) mass is 568 g/mol. The molecule has 0 spiro atoms. The van der Waals surface area contributed by atoms with E-state index in [0.717, 1.165) is 22.9 Å². The molecule has 0 bridgehead atoms. The number of ether oxygens (including phenoxy) is 1. The number of amides is 2. The van der Waals surface area contributed by atoms with Crippen molar-refractivity contribution in [3.05, 3.63) is 65.0 Å². The number of nitriles is 1. The third-order valence-electron chi connectivity index (χ3n) is 6.83. The van der Waals surface area contributed by atoms with Gasteiger partial charge in [-0.3, -0.25) is 9.59 Å². The van der Waals surface area contributed by atoms with E-state index in [4.69, 9.17) is 4.74 Å². The van der Waals surface area contributed by atoms with Gasteiger partial charge in [0.2, 0.25) is 15.9 Å². The van der Waals surface area contributed by atoms with Crippen LogP contribution in [0, 0.1) is 17.2 Å². The molecule has 206 valence electrons. The summed E-state index contributed by atoms with van der Waals surface area (Å²) < 4.78 is 33.5. The van der Waals surface area contributed by atoms with Crippen molar-refractivity contribution in [3.63, 3.8) is 0 Å². The molecule has 39 heavy (non-hydrogen) atoms. The van der Waals surface area contributed by atoms with Crippen LogP contribution in [0.2, 0.25) is 0 Å². The molecule has 2 aromatic carbocycles. The van der Waals surface area contributed by atoms with E-state index in [0.29, 0.717) is 30.9 Å². The van der Waals surface area contributed by atoms with E-state index >= 15 is 0 Å². The average molecular weight is 569 g/mol. The molecule has 2 N–H and O–H groups in total. The topological polar surface area (TPSA) is 129 Å². The van der Waals surface area contributed by atoms with Crippen LogP contribution in [0.25, 0.3) is 10.1 Å². The summed E-state index contributed by atoms with van der Waals surface area (Å²) in [4.78, 5) is 26.8. The van der Waals surface area contributed by atoms with Gasteiger partial charge in [0.1, 0.15) is 12.1 Å². The second kappa shape index (κ2) is 13.2. The van der Waals surface area contributed by atoms with Gasteiger partial charge in [-0.25, -0.2) is 12.7 Å². The number of nitrogens with zero attached hydrogens (tertiary/aromatic N) is 2. The first-order valence-electron chi connectivity index (χ1n) is 12.9. The lowest BCUT2D eigenvalue weighted by Gasteiger charge is -2.26. The molecule has 2 heterocycles. The minimum atomic E-state index is -3.85. The molecular formula is C28H32N4O5S2. The van der Waals surface area contributed by atoms with Gasteiger partial charge in [0, 0.05) is 38.1 Å². The molecule has 0 saturated carbocycles. The zero-order valence-electron chi connectivity index (χ0n) is 21.8. The number of sulfonamides is 1. The van der Waals surface area contributed by atoms with Crippen molar-refractivity contribution < 1.29 is 22.7 Å². The highest BCUT2D eigenvalue weighted by atomic mass is 32.2. The summed E-state index contributed by atoms with van der Waals surface area (Å²) >= 11 is 1.39. The Hall–Kier alpha value is -3.30. The van der Waals surface area contributed by atoms with Crippen molar-refractivity contribution in [2.75, 3.05) is 33.4 Å². The Balaban J connectivity index is 1.36. The molecule has 1 fully saturated rings. The highest BCUT2D eigenvalue weighted by Crippen LogP contribution is 2.26. The second-order valence-electron chi connectivity index (χ2n) is 9.55. The molecule has 0 aliphatic carbocycles. The fourth-order valence-electron chi connectivity index (χ4n) is 4.58. The minimum Gasteiger partial charge on any atom is -0.381 e.